The van der Waals surface area contributed by atoms with Gasteiger partial charge in [0.25, 0.3) is 0 Å². The van der Waals surface area contributed by atoms with Gasteiger partial charge in [0, 0.05) is 24.8 Å². The number of benzene rings is 2. The molecule has 21 heavy (non-hydrogen) atoms. The third kappa shape index (κ3) is 4.26. The number of nitrogens with two attached hydrogens (primary N) is 1. The lowest BCUT2D eigenvalue weighted by atomic mass is 10.0. The van der Waals surface area contributed by atoms with Gasteiger partial charge in [-0.05, 0) is 49.2 Å². The summed E-state index contributed by atoms with van der Waals surface area (Å²) in [6.45, 7) is 3.47. The molecule has 2 N–H and O–H groups in total. The number of anilines is 1. The molecule has 0 aromatic heterocycles. The molecular weight excluding hydrogens is 270 g/mol. The van der Waals surface area contributed by atoms with Gasteiger partial charge in [-0.3, -0.25) is 0 Å². The summed E-state index contributed by atoms with van der Waals surface area (Å²) in [4.78, 5) is 2.06. The average Bonchev–Trinajstić information content (AvgIpc) is 2.48. The van der Waals surface area contributed by atoms with Crippen LogP contribution < -0.4 is 10.6 Å². The molecule has 0 bridgehead atoms. The maximum atomic E-state index is 13.3. The molecular formula is C17H20F2N2. The highest BCUT2D eigenvalue weighted by atomic mass is 19.1. The largest absolute Gasteiger partial charge is 0.372 e. The second-order valence-corrected chi connectivity index (χ2v) is 5.01. The third-order valence-corrected chi connectivity index (χ3v) is 3.54. The van der Waals surface area contributed by atoms with E-state index in [4.69, 9.17) is 5.73 Å². The quantitative estimate of drug-likeness (QED) is 0.874. The van der Waals surface area contributed by atoms with E-state index in [0.29, 0.717) is 13.0 Å². The lowest BCUT2D eigenvalue weighted by molar-refractivity contribution is 0.602. The van der Waals surface area contributed by atoms with Crippen LogP contribution in [-0.2, 0) is 0 Å². The minimum atomic E-state index is -0.277. The standard InChI is InChI=1S/C17H20F2N2/c1-2-21(16-8-4-7-15(19)12-16)10-9-17(20)13-5-3-6-14(18)11-13/h3-8,11-12,17H,2,9-10,20H2,1H3. The summed E-state index contributed by atoms with van der Waals surface area (Å²) in [5, 5.41) is 0. The van der Waals surface area contributed by atoms with Crippen LogP contribution in [0.4, 0.5) is 14.5 Å². The van der Waals surface area contributed by atoms with Crippen molar-refractivity contribution in [3.63, 3.8) is 0 Å². The number of hydrogen-bond acceptors (Lipinski definition) is 2. The predicted molar refractivity (Wildman–Crippen MR) is 82.2 cm³/mol. The summed E-state index contributed by atoms with van der Waals surface area (Å²) < 4.78 is 26.5. The summed E-state index contributed by atoms with van der Waals surface area (Å²) >= 11 is 0. The minimum Gasteiger partial charge on any atom is -0.372 e. The fourth-order valence-corrected chi connectivity index (χ4v) is 2.34. The minimum absolute atomic E-state index is 0.233. The Morgan fingerprint density at radius 1 is 1.05 bits per heavy atom. The maximum absolute atomic E-state index is 13.3. The first-order valence-corrected chi connectivity index (χ1v) is 7.11. The molecule has 2 rings (SSSR count). The third-order valence-electron chi connectivity index (χ3n) is 3.54. The Morgan fingerprint density at radius 3 is 2.33 bits per heavy atom. The van der Waals surface area contributed by atoms with E-state index in [1.54, 1.807) is 12.1 Å². The van der Waals surface area contributed by atoms with Gasteiger partial charge >= 0.3 is 0 Å². The molecule has 0 amide bonds. The van der Waals surface area contributed by atoms with Crippen LogP contribution in [0.1, 0.15) is 24.9 Å². The van der Waals surface area contributed by atoms with E-state index < -0.39 is 0 Å². The lowest BCUT2D eigenvalue weighted by Gasteiger charge is -2.25. The zero-order valence-electron chi connectivity index (χ0n) is 12.1. The molecule has 0 aliphatic rings. The predicted octanol–water partition coefficient (Wildman–Crippen LogP) is 3.88. The highest BCUT2D eigenvalue weighted by Crippen LogP contribution is 2.19. The molecule has 0 aliphatic carbocycles. The Hall–Kier alpha value is -1.94. The van der Waals surface area contributed by atoms with E-state index in [0.717, 1.165) is 17.8 Å². The average molecular weight is 290 g/mol. The molecule has 0 spiro atoms. The van der Waals surface area contributed by atoms with E-state index >= 15 is 0 Å². The zero-order chi connectivity index (χ0) is 15.2. The molecule has 2 nitrogen and oxygen atoms in total. The summed E-state index contributed by atoms with van der Waals surface area (Å²) in [6.07, 6.45) is 0.674. The van der Waals surface area contributed by atoms with Crippen molar-refractivity contribution in [1.82, 2.24) is 0 Å². The molecule has 4 heteroatoms. The molecule has 1 atom stereocenters. The molecule has 0 saturated heterocycles. The van der Waals surface area contributed by atoms with Crippen LogP contribution in [0.5, 0.6) is 0 Å². The van der Waals surface area contributed by atoms with Crippen LogP contribution in [0.25, 0.3) is 0 Å². The van der Waals surface area contributed by atoms with Crippen molar-refractivity contribution >= 4 is 5.69 Å². The first-order chi connectivity index (χ1) is 10.1. The van der Waals surface area contributed by atoms with E-state index in [1.807, 2.05) is 19.1 Å². The fourth-order valence-electron chi connectivity index (χ4n) is 2.34. The highest BCUT2D eigenvalue weighted by Gasteiger charge is 2.10. The van der Waals surface area contributed by atoms with Gasteiger partial charge in [0.05, 0.1) is 0 Å². The molecule has 0 saturated carbocycles. The molecule has 0 fully saturated rings. The number of hydrogen-bond donors (Lipinski definition) is 1. The van der Waals surface area contributed by atoms with Gasteiger partial charge in [-0.2, -0.15) is 0 Å². The van der Waals surface area contributed by atoms with Gasteiger partial charge < -0.3 is 10.6 Å². The SMILES string of the molecule is CCN(CCC(N)c1cccc(F)c1)c1cccc(F)c1. The van der Waals surface area contributed by atoms with Crippen LogP contribution in [-0.4, -0.2) is 13.1 Å². The molecule has 112 valence electrons. The van der Waals surface area contributed by atoms with E-state index in [1.165, 1.54) is 24.3 Å². The van der Waals surface area contributed by atoms with Gasteiger partial charge in [0.15, 0.2) is 0 Å². The van der Waals surface area contributed by atoms with E-state index in [9.17, 15) is 8.78 Å². The Balaban J connectivity index is 2.00. The molecule has 0 aliphatic heterocycles. The molecule has 0 radical (unpaired) electrons. The van der Waals surface area contributed by atoms with Gasteiger partial charge in [0.1, 0.15) is 11.6 Å². The van der Waals surface area contributed by atoms with Crippen LogP contribution in [0.2, 0.25) is 0 Å². The molecule has 0 heterocycles. The maximum Gasteiger partial charge on any atom is 0.125 e. The van der Waals surface area contributed by atoms with Gasteiger partial charge in [0.2, 0.25) is 0 Å². The van der Waals surface area contributed by atoms with Crippen molar-refractivity contribution in [3.05, 3.63) is 65.7 Å². The van der Waals surface area contributed by atoms with Crippen LogP contribution >= 0.6 is 0 Å². The first kappa shape index (κ1) is 15.4. The normalized spacial score (nSPS) is 12.2. The molecule has 2 aromatic rings. The van der Waals surface area contributed by atoms with E-state index in [2.05, 4.69) is 4.90 Å². The Morgan fingerprint density at radius 2 is 1.71 bits per heavy atom. The van der Waals surface area contributed by atoms with Gasteiger partial charge in [-0.15, -0.1) is 0 Å². The Labute approximate surface area is 124 Å². The smallest absolute Gasteiger partial charge is 0.125 e. The number of nitrogens with zero attached hydrogens (tertiary/aromatic N) is 1. The van der Waals surface area contributed by atoms with Crippen LogP contribution in [0.3, 0.4) is 0 Å². The van der Waals surface area contributed by atoms with Crippen molar-refractivity contribution in [2.75, 3.05) is 18.0 Å². The summed E-state index contributed by atoms with van der Waals surface area (Å²) in [7, 11) is 0. The van der Waals surface area contributed by atoms with E-state index in [-0.39, 0.29) is 17.7 Å². The first-order valence-electron chi connectivity index (χ1n) is 7.11. The Kier molecular flexibility index (Phi) is 5.28. The van der Waals surface area contributed by atoms with Gasteiger partial charge in [-0.25, -0.2) is 8.78 Å². The second kappa shape index (κ2) is 7.18. The fraction of sp³-hybridized carbons (Fsp3) is 0.294. The van der Waals surface area contributed by atoms with Crippen molar-refractivity contribution < 1.29 is 8.78 Å². The zero-order valence-corrected chi connectivity index (χ0v) is 12.1. The molecule has 2 aromatic carbocycles. The highest BCUT2D eigenvalue weighted by molar-refractivity contribution is 5.46. The van der Waals surface area contributed by atoms with Gasteiger partial charge in [-0.1, -0.05) is 18.2 Å². The topological polar surface area (TPSA) is 29.3 Å². The van der Waals surface area contributed by atoms with Crippen LogP contribution in [0, 0.1) is 11.6 Å². The summed E-state index contributed by atoms with van der Waals surface area (Å²) in [5.74, 6) is -0.527. The van der Waals surface area contributed by atoms with Crippen molar-refractivity contribution in [1.29, 1.82) is 0 Å². The summed E-state index contributed by atoms with van der Waals surface area (Å²) in [5.41, 5.74) is 7.73. The lowest BCUT2D eigenvalue weighted by Crippen LogP contribution is -2.27. The Bertz CT molecular complexity index is 587. The number of rotatable bonds is 6. The molecule has 1 unspecified atom stereocenters. The number of halogens is 2. The second-order valence-electron chi connectivity index (χ2n) is 5.01. The van der Waals surface area contributed by atoms with Crippen LogP contribution in [0.15, 0.2) is 48.5 Å². The van der Waals surface area contributed by atoms with Crippen molar-refractivity contribution in [2.24, 2.45) is 5.73 Å². The van der Waals surface area contributed by atoms with Crippen molar-refractivity contribution in [2.45, 2.75) is 19.4 Å². The summed E-state index contributed by atoms with van der Waals surface area (Å²) in [6, 6.07) is 12.6. The monoisotopic (exact) mass is 290 g/mol. The van der Waals surface area contributed by atoms with Crippen molar-refractivity contribution in [3.8, 4) is 0 Å².